The number of aromatic nitrogens is 1. The van der Waals surface area contributed by atoms with Crippen molar-refractivity contribution < 1.29 is 14.2 Å². The molecule has 0 unspecified atom stereocenters. The van der Waals surface area contributed by atoms with Gasteiger partial charge in [-0.15, -0.1) is 11.3 Å². The third-order valence-corrected chi connectivity index (χ3v) is 5.28. The Balaban J connectivity index is 2.13. The number of nitrogens with zero attached hydrogens (tertiary/aromatic N) is 3. The van der Waals surface area contributed by atoms with Gasteiger partial charge in [0, 0.05) is 23.6 Å². The number of hydrogen-bond donors (Lipinski definition) is 0. The van der Waals surface area contributed by atoms with Crippen LogP contribution in [0.15, 0.2) is 57.9 Å². The van der Waals surface area contributed by atoms with E-state index in [4.69, 9.17) is 19.3 Å². The number of methoxy groups -OCH3 is 3. The average Bonchev–Trinajstić information content (AvgIpc) is 3.15. The molecular weight excluding hydrogens is 386 g/mol. The van der Waals surface area contributed by atoms with Crippen LogP contribution in [0.5, 0.6) is 17.2 Å². The van der Waals surface area contributed by atoms with Crippen molar-refractivity contribution >= 4 is 17.0 Å². The van der Waals surface area contributed by atoms with E-state index in [9.17, 15) is 0 Å². The van der Waals surface area contributed by atoms with Crippen LogP contribution in [0.1, 0.15) is 19.4 Å². The zero-order chi connectivity index (χ0) is 20.8. The fourth-order valence-electron chi connectivity index (χ4n) is 2.88. The van der Waals surface area contributed by atoms with Gasteiger partial charge in [0.15, 0.2) is 0 Å². The largest absolute Gasteiger partial charge is 0.497 e. The first-order chi connectivity index (χ1) is 14.1. The van der Waals surface area contributed by atoms with Gasteiger partial charge >= 0.3 is 0 Å². The highest BCUT2D eigenvalue weighted by Crippen LogP contribution is 2.33. The third kappa shape index (κ3) is 4.51. The maximum Gasteiger partial charge on any atom is 0.206 e. The summed E-state index contributed by atoms with van der Waals surface area (Å²) in [4.78, 5) is 5.43. The van der Waals surface area contributed by atoms with E-state index < -0.39 is 0 Å². The first kappa shape index (κ1) is 20.7. The molecular formula is C22H25N3O3S. The van der Waals surface area contributed by atoms with E-state index in [0.717, 1.165) is 44.6 Å². The molecule has 0 aliphatic rings. The van der Waals surface area contributed by atoms with Crippen LogP contribution in [0.2, 0.25) is 0 Å². The van der Waals surface area contributed by atoms with Crippen molar-refractivity contribution in [2.75, 3.05) is 27.9 Å². The Morgan fingerprint density at radius 1 is 0.966 bits per heavy atom. The normalized spacial score (nSPS) is 12.2. The second kappa shape index (κ2) is 9.43. The molecule has 0 saturated heterocycles. The minimum atomic E-state index is 0.677. The van der Waals surface area contributed by atoms with E-state index in [2.05, 4.69) is 4.99 Å². The number of thiazole rings is 1. The molecule has 7 heteroatoms. The average molecular weight is 412 g/mol. The highest BCUT2D eigenvalue weighted by Gasteiger charge is 2.14. The Labute approximate surface area is 174 Å². The van der Waals surface area contributed by atoms with Crippen molar-refractivity contribution in [2.24, 2.45) is 10.1 Å². The monoisotopic (exact) mass is 411 g/mol. The third-order valence-electron chi connectivity index (χ3n) is 4.42. The molecule has 0 N–H and O–H groups in total. The van der Waals surface area contributed by atoms with Crippen LogP contribution in [-0.2, 0) is 0 Å². The van der Waals surface area contributed by atoms with Crippen molar-refractivity contribution in [1.82, 2.24) is 4.68 Å². The summed E-state index contributed by atoms with van der Waals surface area (Å²) in [7, 11) is 4.95. The molecule has 0 aliphatic carbocycles. The molecule has 3 rings (SSSR count). The Bertz CT molecular complexity index is 1070. The lowest BCUT2D eigenvalue weighted by atomic mass is 10.1. The van der Waals surface area contributed by atoms with Gasteiger partial charge in [-0.25, -0.2) is 4.68 Å². The molecule has 1 heterocycles. The van der Waals surface area contributed by atoms with Crippen LogP contribution in [0.25, 0.3) is 11.3 Å². The van der Waals surface area contributed by atoms with Gasteiger partial charge < -0.3 is 14.2 Å². The lowest BCUT2D eigenvalue weighted by molar-refractivity contribution is 0.395. The van der Waals surface area contributed by atoms with Gasteiger partial charge in [0.1, 0.15) is 17.2 Å². The second-order valence-electron chi connectivity index (χ2n) is 6.17. The molecule has 6 nitrogen and oxygen atoms in total. The standard InChI is InChI=1S/C22H25N3O3S/c1-6-23-22-25(24-15(2)16-7-9-17(26-3)10-8-16)20(14-29-22)19-12-11-18(27-4)13-21(19)28-5/h7-14H,6H2,1-5H3. The predicted octanol–water partition coefficient (Wildman–Crippen LogP) is 4.44. The fraction of sp³-hybridized carbons (Fsp3) is 0.273. The molecule has 0 bridgehead atoms. The molecule has 0 spiro atoms. The number of hydrogen-bond acceptors (Lipinski definition) is 6. The summed E-state index contributed by atoms with van der Waals surface area (Å²) in [6, 6.07) is 13.6. The Hall–Kier alpha value is -3.06. The molecule has 0 aliphatic heterocycles. The van der Waals surface area contributed by atoms with Crippen LogP contribution in [-0.4, -0.2) is 38.3 Å². The van der Waals surface area contributed by atoms with Crippen molar-refractivity contribution in [1.29, 1.82) is 0 Å². The molecule has 0 saturated carbocycles. The van der Waals surface area contributed by atoms with Gasteiger partial charge in [-0.2, -0.15) is 5.10 Å². The molecule has 2 aromatic carbocycles. The maximum atomic E-state index is 5.60. The summed E-state index contributed by atoms with van der Waals surface area (Å²) in [6.45, 7) is 4.67. The molecule has 29 heavy (non-hydrogen) atoms. The SMILES string of the molecule is CCN=c1scc(-c2ccc(OC)cc2OC)n1N=C(C)c1ccc(OC)cc1. The highest BCUT2D eigenvalue weighted by atomic mass is 32.1. The molecule has 3 aromatic rings. The van der Waals surface area contributed by atoms with Crippen LogP contribution < -0.4 is 19.0 Å². The lowest BCUT2D eigenvalue weighted by Gasteiger charge is -2.11. The second-order valence-corrected chi connectivity index (χ2v) is 7.01. The van der Waals surface area contributed by atoms with Gasteiger partial charge in [0.25, 0.3) is 0 Å². The number of ether oxygens (including phenoxy) is 3. The van der Waals surface area contributed by atoms with Crippen LogP contribution in [0.3, 0.4) is 0 Å². The first-order valence-electron chi connectivity index (χ1n) is 9.24. The maximum absolute atomic E-state index is 5.60. The van der Waals surface area contributed by atoms with Gasteiger partial charge in [-0.3, -0.25) is 4.99 Å². The Morgan fingerprint density at radius 2 is 1.66 bits per heavy atom. The van der Waals surface area contributed by atoms with E-state index in [-0.39, 0.29) is 0 Å². The van der Waals surface area contributed by atoms with E-state index in [1.165, 1.54) is 0 Å². The summed E-state index contributed by atoms with van der Waals surface area (Å²) >= 11 is 1.55. The van der Waals surface area contributed by atoms with Crippen LogP contribution in [0, 0.1) is 0 Å². The molecule has 0 atom stereocenters. The lowest BCUT2D eigenvalue weighted by Crippen LogP contribution is -2.14. The summed E-state index contributed by atoms with van der Waals surface area (Å²) in [6.07, 6.45) is 0. The van der Waals surface area contributed by atoms with Crippen molar-refractivity contribution in [3.05, 3.63) is 58.2 Å². The van der Waals surface area contributed by atoms with Crippen molar-refractivity contribution in [3.63, 3.8) is 0 Å². The molecule has 1 aromatic heterocycles. The fourth-order valence-corrected chi connectivity index (χ4v) is 3.76. The Kier molecular flexibility index (Phi) is 6.72. The van der Waals surface area contributed by atoms with Crippen LogP contribution >= 0.6 is 11.3 Å². The van der Waals surface area contributed by atoms with E-state index in [0.29, 0.717) is 6.54 Å². The summed E-state index contributed by atoms with van der Waals surface area (Å²) < 4.78 is 18.0. The summed E-state index contributed by atoms with van der Waals surface area (Å²) in [5.41, 5.74) is 3.72. The smallest absolute Gasteiger partial charge is 0.206 e. The topological polar surface area (TPSA) is 57.3 Å². The Morgan fingerprint density at radius 3 is 2.28 bits per heavy atom. The number of benzene rings is 2. The summed E-state index contributed by atoms with van der Waals surface area (Å²) in [5.74, 6) is 2.27. The van der Waals surface area contributed by atoms with Gasteiger partial charge in [-0.1, -0.05) is 0 Å². The van der Waals surface area contributed by atoms with E-state index in [1.807, 2.05) is 66.4 Å². The quantitative estimate of drug-likeness (QED) is 0.540. The van der Waals surface area contributed by atoms with Gasteiger partial charge in [0.05, 0.1) is 32.7 Å². The van der Waals surface area contributed by atoms with Gasteiger partial charge in [-0.05, 0) is 55.8 Å². The molecule has 152 valence electrons. The van der Waals surface area contributed by atoms with Crippen molar-refractivity contribution in [3.8, 4) is 28.5 Å². The van der Waals surface area contributed by atoms with Crippen molar-refractivity contribution in [2.45, 2.75) is 13.8 Å². The minimum absolute atomic E-state index is 0.677. The predicted molar refractivity (Wildman–Crippen MR) is 118 cm³/mol. The zero-order valence-electron chi connectivity index (χ0n) is 17.3. The first-order valence-corrected chi connectivity index (χ1v) is 10.1. The van der Waals surface area contributed by atoms with Gasteiger partial charge in [0.2, 0.25) is 4.80 Å². The van der Waals surface area contributed by atoms with E-state index in [1.54, 1.807) is 32.7 Å². The zero-order valence-corrected chi connectivity index (χ0v) is 18.1. The molecule has 0 fully saturated rings. The van der Waals surface area contributed by atoms with E-state index >= 15 is 0 Å². The molecule has 0 amide bonds. The highest BCUT2D eigenvalue weighted by molar-refractivity contribution is 7.07. The number of rotatable bonds is 7. The minimum Gasteiger partial charge on any atom is -0.497 e. The van der Waals surface area contributed by atoms with Crippen LogP contribution in [0.4, 0.5) is 0 Å². The summed E-state index contributed by atoms with van der Waals surface area (Å²) in [5, 5.41) is 6.93. The molecule has 0 radical (unpaired) electrons.